The third kappa shape index (κ3) is 1.20. The number of halogens is 2. The largest absolute Gasteiger partial charge is 0.359 e. The van der Waals surface area contributed by atoms with Crippen molar-refractivity contribution >= 4 is 42.9 Å². The number of hydrogen-bond acceptors (Lipinski definition) is 1. The standard InChI is InChI=1S/C7H4Br2N2/c8-4-3-6(9)11-5-1-2-10-7(4)5/h1-3,10H. The van der Waals surface area contributed by atoms with Crippen LogP contribution in [0.3, 0.4) is 0 Å². The number of nitrogens with one attached hydrogen (secondary N) is 1. The molecule has 0 amide bonds. The molecule has 2 rings (SSSR count). The molecule has 0 aromatic carbocycles. The van der Waals surface area contributed by atoms with Gasteiger partial charge < -0.3 is 4.98 Å². The van der Waals surface area contributed by atoms with Crippen LogP contribution in [0.15, 0.2) is 27.4 Å². The van der Waals surface area contributed by atoms with E-state index in [0.29, 0.717) is 0 Å². The van der Waals surface area contributed by atoms with Gasteiger partial charge in [0.25, 0.3) is 0 Å². The molecule has 4 heteroatoms. The van der Waals surface area contributed by atoms with Crippen molar-refractivity contribution in [2.75, 3.05) is 0 Å². The van der Waals surface area contributed by atoms with Crippen LogP contribution >= 0.6 is 31.9 Å². The molecule has 2 heterocycles. The summed E-state index contributed by atoms with van der Waals surface area (Å²) in [5, 5.41) is 0. The Morgan fingerprint density at radius 3 is 3.00 bits per heavy atom. The van der Waals surface area contributed by atoms with E-state index in [1.807, 2.05) is 18.3 Å². The zero-order valence-electron chi connectivity index (χ0n) is 5.44. The molecule has 0 unspecified atom stereocenters. The molecule has 0 bridgehead atoms. The summed E-state index contributed by atoms with van der Waals surface area (Å²) in [5.74, 6) is 0. The van der Waals surface area contributed by atoms with Crippen molar-refractivity contribution in [2.24, 2.45) is 0 Å². The van der Waals surface area contributed by atoms with Crippen LogP contribution in [0, 0.1) is 0 Å². The summed E-state index contributed by atoms with van der Waals surface area (Å²) in [6.45, 7) is 0. The Kier molecular flexibility index (Phi) is 1.73. The quantitative estimate of drug-likeness (QED) is 0.736. The molecule has 56 valence electrons. The van der Waals surface area contributed by atoms with Gasteiger partial charge in [-0.2, -0.15) is 0 Å². The minimum Gasteiger partial charge on any atom is -0.359 e. The van der Waals surface area contributed by atoms with Gasteiger partial charge in [-0.05, 0) is 44.0 Å². The minimum atomic E-state index is 0.844. The normalized spacial score (nSPS) is 10.7. The first-order chi connectivity index (χ1) is 5.27. The molecule has 0 aliphatic rings. The van der Waals surface area contributed by atoms with E-state index in [4.69, 9.17) is 0 Å². The van der Waals surface area contributed by atoms with Gasteiger partial charge >= 0.3 is 0 Å². The second-order valence-corrected chi connectivity index (χ2v) is 3.83. The Labute approximate surface area is 80.3 Å². The lowest BCUT2D eigenvalue weighted by Crippen LogP contribution is -1.77. The van der Waals surface area contributed by atoms with E-state index in [0.717, 1.165) is 20.1 Å². The summed E-state index contributed by atoms with van der Waals surface area (Å²) in [6, 6.07) is 3.85. The Bertz CT molecular complexity index is 394. The van der Waals surface area contributed by atoms with Crippen LogP contribution in [0.1, 0.15) is 0 Å². The first-order valence-corrected chi connectivity index (χ1v) is 4.65. The Morgan fingerprint density at radius 2 is 2.18 bits per heavy atom. The van der Waals surface area contributed by atoms with Gasteiger partial charge in [0.1, 0.15) is 4.60 Å². The van der Waals surface area contributed by atoms with Gasteiger partial charge in [-0.3, -0.25) is 0 Å². The van der Waals surface area contributed by atoms with Crippen molar-refractivity contribution in [1.29, 1.82) is 0 Å². The second-order valence-electron chi connectivity index (χ2n) is 2.16. The van der Waals surface area contributed by atoms with Gasteiger partial charge in [0.15, 0.2) is 0 Å². The van der Waals surface area contributed by atoms with Crippen LogP contribution in [0.25, 0.3) is 11.0 Å². The van der Waals surface area contributed by atoms with Gasteiger partial charge in [-0.25, -0.2) is 4.98 Å². The molecule has 0 fully saturated rings. The summed E-state index contributed by atoms with van der Waals surface area (Å²) in [7, 11) is 0. The molecule has 2 aromatic rings. The number of hydrogen-bond donors (Lipinski definition) is 1. The molecular formula is C7H4Br2N2. The first kappa shape index (κ1) is 7.31. The van der Waals surface area contributed by atoms with Crippen LogP contribution < -0.4 is 0 Å². The Hall–Kier alpha value is -0.350. The molecule has 0 aliphatic carbocycles. The number of pyridine rings is 1. The average Bonchev–Trinajstić information content (AvgIpc) is 2.34. The topological polar surface area (TPSA) is 28.7 Å². The second kappa shape index (κ2) is 2.60. The van der Waals surface area contributed by atoms with Gasteiger partial charge in [0, 0.05) is 10.7 Å². The van der Waals surface area contributed by atoms with Crippen molar-refractivity contribution in [1.82, 2.24) is 9.97 Å². The van der Waals surface area contributed by atoms with Crippen molar-refractivity contribution in [3.05, 3.63) is 27.4 Å². The number of fused-ring (bicyclic) bond motifs is 1. The number of aromatic amines is 1. The van der Waals surface area contributed by atoms with Crippen molar-refractivity contribution < 1.29 is 0 Å². The molecule has 2 aromatic heterocycles. The van der Waals surface area contributed by atoms with Crippen molar-refractivity contribution in [3.63, 3.8) is 0 Å². The molecule has 0 aliphatic heterocycles. The molecule has 0 spiro atoms. The summed E-state index contributed by atoms with van der Waals surface area (Å²) in [4.78, 5) is 7.34. The maximum atomic E-state index is 4.25. The minimum absolute atomic E-state index is 0.844. The van der Waals surface area contributed by atoms with Crippen LogP contribution in [-0.4, -0.2) is 9.97 Å². The van der Waals surface area contributed by atoms with Gasteiger partial charge in [-0.1, -0.05) is 0 Å². The fourth-order valence-corrected chi connectivity index (χ4v) is 2.23. The fourth-order valence-electron chi connectivity index (χ4n) is 0.970. The molecule has 0 saturated heterocycles. The monoisotopic (exact) mass is 274 g/mol. The van der Waals surface area contributed by atoms with Gasteiger partial charge in [-0.15, -0.1) is 0 Å². The number of aromatic nitrogens is 2. The molecule has 0 saturated carbocycles. The summed E-state index contributed by atoms with van der Waals surface area (Å²) < 4.78 is 1.87. The first-order valence-electron chi connectivity index (χ1n) is 3.06. The van der Waals surface area contributed by atoms with E-state index in [2.05, 4.69) is 41.8 Å². The molecule has 0 radical (unpaired) electrons. The highest BCUT2D eigenvalue weighted by atomic mass is 79.9. The third-order valence-corrected chi connectivity index (χ3v) is 2.47. The zero-order valence-corrected chi connectivity index (χ0v) is 8.61. The van der Waals surface area contributed by atoms with E-state index >= 15 is 0 Å². The van der Waals surface area contributed by atoms with Crippen molar-refractivity contribution in [3.8, 4) is 0 Å². The van der Waals surface area contributed by atoms with E-state index in [9.17, 15) is 0 Å². The SMILES string of the molecule is Brc1cc(Br)c2[nH]ccc2n1. The smallest absolute Gasteiger partial charge is 0.108 e. The summed E-state index contributed by atoms with van der Waals surface area (Å²) >= 11 is 6.74. The van der Waals surface area contributed by atoms with Gasteiger partial charge in [0.2, 0.25) is 0 Å². The zero-order chi connectivity index (χ0) is 7.84. The Morgan fingerprint density at radius 1 is 1.36 bits per heavy atom. The lowest BCUT2D eigenvalue weighted by molar-refractivity contribution is 1.34. The number of nitrogens with zero attached hydrogens (tertiary/aromatic N) is 1. The van der Waals surface area contributed by atoms with Crippen molar-refractivity contribution in [2.45, 2.75) is 0 Å². The molecule has 0 atom stereocenters. The highest BCUT2D eigenvalue weighted by Crippen LogP contribution is 2.23. The lowest BCUT2D eigenvalue weighted by Gasteiger charge is -1.94. The highest BCUT2D eigenvalue weighted by Gasteiger charge is 2.01. The van der Waals surface area contributed by atoms with Gasteiger partial charge in [0.05, 0.1) is 11.0 Å². The molecule has 11 heavy (non-hydrogen) atoms. The lowest BCUT2D eigenvalue weighted by atomic mass is 10.4. The number of H-pyrrole nitrogens is 1. The fraction of sp³-hybridized carbons (Fsp3) is 0. The van der Waals surface area contributed by atoms with E-state index in [1.54, 1.807) is 0 Å². The highest BCUT2D eigenvalue weighted by molar-refractivity contribution is 9.11. The summed E-state index contributed by atoms with van der Waals surface area (Å²) in [6.07, 6.45) is 1.87. The average molecular weight is 276 g/mol. The van der Waals surface area contributed by atoms with Crippen LogP contribution in [0.4, 0.5) is 0 Å². The predicted molar refractivity (Wildman–Crippen MR) is 51.5 cm³/mol. The van der Waals surface area contributed by atoms with Crippen LogP contribution in [-0.2, 0) is 0 Å². The summed E-state index contributed by atoms with van der Waals surface area (Å²) in [5.41, 5.74) is 2.00. The maximum Gasteiger partial charge on any atom is 0.108 e. The maximum absolute atomic E-state index is 4.25. The van der Waals surface area contributed by atoms with E-state index in [1.165, 1.54) is 0 Å². The molecule has 1 N–H and O–H groups in total. The third-order valence-electron chi connectivity index (χ3n) is 1.44. The van der Waals surface area contributed by atoms with Crippen LogP contribution in [0.2, 0.25) is 0 Å². The van der Waals surface area contributed by atoms with Crippen LogP contribution in [0.5, 0.6) is 0 Å². The number of rotatable bonds is 0. The van der Waals surface area contributed by atoms with E-state index < -0.39 is 0 Å². The molecule has 2 nitrogen and oxygen atoms in total. The molecular weight excluding hydrogens is 272 g/mol. The predicted octanol–water partition coefficient (Wildman–Crippen LogP) is 3.09. The van der Waals surface area contributed by atoms with E-state index in [-0.39, 0.29) is 0 Å². The Balaban J connectivity index is 2.91.